The van der Waals surface area contributed by atoms with Crippen molar-refractivity contribution < 1.29 is 18.6 Å². The van der Waals surface area contributed by atoms with Crippen molar-refractivity contribution in [2.24, 2.45) is 0 Å². The van der Waals surface area contributed by atoms with E-state index in [4.69, 9.17) is 18.6 Å². The largest absolute Gasteiger partial charge is 0.494 e. The maximum Gasteiger partial charge on any atom is 0.494 e. The lowest BCUT2D eigenvalue weighted by Gasteiger charge is -2.33. The van der Waals surface area contributed by atoms with E-state index in [1.54, 1.807) is 0 Å². The first-order chi connectivity index (χ1) is 34.2. The summed E-state index contributed by atoms with van der Waals surface area (Å²) in [5.74, 6) is 0. The Morgan fingerprint density at radius 2 is 0.507 bits per heavy atom. The standard InChI is InChI=1S/C65H112B2O4/c1-11-13-15-17-19-21-23-25-27-29-31-33-35-37-39-41-43-45-51-65(52-46-44-42-40-38-36-34-32-30-28-26-24-22-20-18-16-14-12-2)59-53-55(66-68-61(3,4)62(5,6)69-66)47-49-57(59)58-50-48-56(54-60(58)65)67-70-63(7,8)64(9,10)71-67/h47-50,53-54H,11-46,51-52H2,1-10H3. The number of hydrogen-bond acceptors (Lipinski definition) is 4. The highest BCUT2D eigenvalue weighted by Gasteiger charge is 2.54. The molecule has 2 aromatic rings. The molecule has 6 heteroatoms. The molecule has 2 fully saturated rings. The quantitative estimate of drug-likeness (QED) is 0.0493. The highest BCUT2D eigenvalue weighted by Crippen LogP contribution is 2.54. The molecule has 71 heavy (non-hydrogen) atoms. The van der Waals surface area contributed by atoms with E-state index in [1.165, 1.54) is 266 Å². The Hall–Kier alpha value is -1.59. The average Bonchev–Trinajstić information content (AvgIpc) is 3.83. The van der Waals surface area contributed by atoms with Crippen LogP contribution in [0.3, 0.4) is 0 Å². The van der Waals surface area contributed by atoms with Gasteiger partial charge in [-0.1, -0.05) is 281 Å². The molecule has 2 heterocycles. The summed E-state index contributed by atoms with van der Waals surface area (Å²) in [7, 11) is -0.746. The molecule has 4 nitrogen and oxygen atoms in total. The molecule has 0 saturated carbocycles. The van der Waals surface area contributed by atoms with E-state index in [2.05, 4.69) is 106 Å². The second-order valence-electron chi connectivity index (χ2n) is 25.4. The minimum Gasteiger partial charge on any atom is -0.399 e. The SMILES string of the molecule is CCCCCCCCCCCCCCCCCCCCC1(CCCCCCCCCCCCCCCCCCCC)c2cc(B3OC(C)(C)C(C)(C)O3)ccc2-c2ccc(B3OC(C)(C)C(C)(C)O3)cc21. The van der Waals surface area contributed by atoms with Gasteiger partial charge >= 0.3 is 14.2 Å². The summed E-state index contributed by atoms with van der Waals surface area (Å²) in [5.41, 5.74) is 6.48. The Labute approximate surface area is 441 Å². The van der Waals surface area contributed by atoms with E-state index in [-0.39, 0.29) is 42.1 Å². The smallest absolute Gasteiger partial charge is 0.399 e. The van der Waals surface area contributed by atoms with Gasteiger partial charge in [0.2, 0.25) is 0 Å². The predicted octanol–water partition coefficient (Wildman–Crippen LogP) is 19.4. The Bertz CT molecular complexity index is 1610. The van der Waals surface area contributed by atoms with Crippen LogP contribution in [0.5, 0.6) is 0 Å². The fourth-order valence-electron chi connectivity index (χ4n) is 12.1. The Morgan fingerprint density at radius 1 is 0.296 bits per heavy atom. The molecular weight excluding hydrogens is 866 g/mol. The first-order valence-electron chi connectivity index (χ1n) is 31.2. The van der Waals surface area contributed by atoms with Crippen molar-refractivity contribution in [3.05, 3.63) is 47.5 Å². The van der Waals surface area contributed by atoms with Gasteiger partial charge in [-0.2, -0.15) is 0 Å². The monoisotopic (exact) mass is 979 g/mol. The van der Waals surface area contributed by atoms with Crippen molar-refractivity contribution in [2.45, 2.75) is 341 Å². The predicted molar refractivity (Wildman–Crippen MR) is 311 cm³/mol. The molecule has 3 aliphatic rings. The summed E-state index contributed by atoms with van der Waals surface area (Å²) in [4.78, 5) is 0. The van der Waals surface area contributed by atoms with Gasteiger partial charge in [-0.05, 0) is 101 Å². The van der Waals surface area contributed by atoms with Crippen LogP contribution in [0, 0.1) is 0 Å². The van der Waals surface area contributed by atoms with E-state index in [0.717, 1.165) is 10.9 Å². The number of hydrogen-bond donors (Lipinski definition) is 0. The number of unbranched alkanes of at least 4 members (excludes halogenated alkanes) is 34. The minimum atomic E-state index is -0.381. The molecule has 0 bridgehead atoms. The highest BCUT2D eigenvalue weighted by atomic mass is 16.7. The summed E-state index contributed by atoms with van der Waals surface area (Å²) in [6.07, 6.45) is 52.9. The Balaban J connectivity index is 1.19. The van der Waals surface area contributed by atoms with Crippen LogP contribution < -0.4 is 10.9 Å². The molecule has 0 atom stereocenters. The van der Waals surface area contributed by atoms with Crippen molar-refractivity contribution >= 4 is 25.2 Å². The van der Waals surface area contributed by atoms with Gasteiger partial charge in [-0.3, -0.25) is 0 Å². The van der Waals surface area contributed by atoms with Crippen molar-refractivity contribution in [1.29, 1.82) is 0 Å². The second kappa shape index (κ2) is 30.8. The van der Waals surface area contributed by atoms with Gasteiger partial charge in [0.25, 0.3) is 0 Å². The van der Waals surface area contributed by atoms with Gasteiger partial charge in [0.1, 0.15) is 0 Å². The molecule has 0 unspecified atom stereocenters. The van der Waals surface area contributed by atoms with E-state index in [1.807, 2.05) is 0 Å². The summed E-state index contributed by atoms with van der Waals surface area (Å²) in [5, 5.41) is 0. The molecule has 2 aromatic carbocycles. The van der Waals surface area contributed by atoms with E-state index in [9.17, 15) is 0 Å². The van der Waals surface area contributed by atoms with Crippen LogP contribution in [0.25, 0.3) is 11.1 Å². The first-order valence-corrected chi connectivity index (χ1v) is 31.2. The zero-order valence-corrected chi connectivity index (χ0v) is 48.6. The summed E-state index contributed by atoms with van der Waals surface area (Å²) >= 11 is 0. The van der Waals surface area contributed by atoms with Gasteiger partial charge in [0, 0.05) is 5.41 Å². The highest BCUT2D eigenvalue weighted by molar-refractivity contribution is 6.62. The molecule has 402 valence electrons. The lowest BCUT2D eigenvalue weighted by molar-refractivity contribution is 0.00578. The third kappa shape index (κ3) is 18.3. The second-order valence-corrected chi connectivity index (χ2v) is 25.4. The first kappa shape index (κ1) is 60.3. The van der Waals surface area contributed by atoms with Crippen LogP contribution in [0.15, 0.2) is 36.4 Å². The third-order valence-corrected chi connectivity index (χ3v) is 18.4. The van der Waals surface area contributed by atoms with Crippen LogP contribution in [0.4, 0.5) is 0 Å². The average molecular weight is 979 g/mol. The van der Waals surface area contributed by atoms with Crippen LogP contribution >= 0.6 is 0 Å². The fraction of sp³-hybridized carbons (Fsp3) is 0.815. The van der Waals surface area contributed by atoms with Gasteiger partial charge in [0.15, 0.2) is 0 Å². The van der Waals surface area contributed by atoms with Gasteiger partial charge in [-0.25, -0.2) is 0 Å². The van der Waals surface area contributed by atoms with E-state index < -0.39 is 0 Å². The number of fused-ring (bicyclic) bond motifs is 3. The van der Waals surface area contributed by atoms with Crippen molar-refractivity contribution in [2.75, 3.05) is 0 Å². The normalized spacial score (nSPS) is 18.2. The molecule has 0 spiro atoms. The summed E-state index contributed by atoms with van der Waals surface area (Å²) in [6, 6.07) is 14.4. The topological polar surface area (TPSA) is 36.9 Å². The number of benzene rings is 2. The van der Waals surface area contributed by atoms with Crippen LogP contribution in [0.2, 0.25) is 0 Å². The lowest BCUT2D eigenvalue weighted by atomic mass is 9.67. The van der Waals surface area contributed by atoms with Crippen LogP contribution in [-0.2, 0) is 24.0 Å². The molecule has 0 amide bonds. The number of rotatable bonds is 40. The van der Waals surface area contributed by atoms with E-state index in [0.29, 0.717) is 0 Å². The minimum absolute atomic E-state index is 0.0753. The van der Waals surface area contributed by atoms with Crippen LogP contribution in [0.1, 0.15) is 324 Å². The molecule has 0 N–H and O–H groups in total. The lowest BCUT2D eigenvalue weighted by Crippen LogP contribution is -2.41. The summed E-state index contributed by atoms with van der Waals surface area (Å²) < 4.78 is 26.9. The van der Waals surface area contributed by atoms with Gasteiger partial charge < -0.3 is 18.6 Å². The molecular formula is C65H112B2O4. The molecule has 1 aliphatic carbocycles. The molecule has 2 saturated heterocycles. The zero-order valence-electron chi connectivity index (χ0n) is 48.6. The fourth-order valence-corrected chi connectivity index (χ4v) is 12.1. The Kier molecular flexibility index (Phi) is 26.2. The molecule has 5 rings (SSSR count). The summed E-state index contributed by atoms with van der Waals surface area (Å²) in [6.45, 7) is 22.0. The molecule has 0 radical (unpaired) electrons. The van der Waals surface area contributed by atoms with Gasteiger partial charge in [-0.15, -0.1) is 0 Å². The molecule has 2 aliphatic heterocycles. The Morgan fingerprint density at radius 3 is 0.732 bits per heavy atom. The van der Waals surface area contributed by atoms with Crippen molar-refractivity contribution in [1.82, 2.24) is 0 Å². The maximum absolute atomic E-state index is 6.73. The van der Waals surface area contributed by atoms with E-state index >= 15 is 0 Å². The van der Waals surface area contributed by atoms with Crippen LogP contribution in [-0.4, -0.2) is 36.6 Å². The third-order valence-electron chi connectivity index (χ3n) is 18.4. The zero-order chi connectivity index (χ0) is 51.1. The molecule has 0 aromatic heterocycles. The maximum atomic E-state index is 6.73. The van der Waals surface area contributed by atoms with Gasteiger partial charge in [0.05, 0.1) is 22.4 Å². The van der Waals surface area contributed by atoms with Crippen molar-refractivity contribution in [3.8, 4) is 11.1 Å². The van der Waals surface area contributed by atoms with Crippen molar-refractivity contribution in [3.63, 3.8) is 0 Å².